The van der Waals surface area contributed by atoms with Gasteiger partial charge in [-0.25, -0.2) is 19.7 Å². The molecule has 9 heteroatoms. The topological polar surface area (TPSA) is 90.5 Å². The van der Waals surface area contributed by atoms with Crippen LogP contribution in [0.15, 0.2) is 42.7 Å². The van der Waals surface area contributed by atoms with Crippen molar-refractivity contribution in [3.05, 3.63) is 42.7 Å². The summed E-state index contributed by atoms with van der Waals surface area (Å²) in [5.41, 5.74) is 1.27. The Kier molecular flexibility index (Phi) is 4.46. The molecule has 26 heavy (non-hydrogen) atoms. The van der Waals surface area contributed by atoms with E-state index in [2.05, 4.69) is 20.2 Å². The zero-order valence-corrected chi connectivity index (χ0v) is 14.4. The third kappa shape index (κ3) is 3.09. The Morgan fingerprint density at radius 1 is 1.19 bits per heavy atom. The van der Waals surface area contributed by atoms with Crippen molar-refractivity contribution in [2.75, 3.05) is 38.3 Å². The van der Waals surface area contributed by atoms with Gasteiger partial charge in [0.2, 0.25) is 5.95 Å². The first-order valence-corrected chi connectivity index (χ1v) is 8.35. The highest BCUT2D eigenvalue weighted by Gasteiger charge is 2.28. The molecule has 0 aliphatic carbocycles. The first kappa shape index (κ1) is 16.4. The molecule has 0 radical (unpaired) electrons. The minimum Gasteiger partial charge on any atom is -0.379 e. The highest BCUT2D eigenvalue weighted by atomic mass is 16.5. The number of rotatable bonds is 3. The molecule has 1 aromatic carbocycles. The first-order chi connectivity index (χ1) is 12.7. The molecule has 1 aliphatic heterocycles. The van der Waals surface area contributed by atoms with E-state index in [0.29, 0.717) is 37.6 Å². The number of carbonyl (C=O) groups is 1. The Morgan fingerprint density at radius 3 is 2.73 bits per heavy atom. The van der Waals surface area contributed by atoms with Gasteiger partial charge in [-0.1, -0.05) is 18.2 Å². The number of nitrogens with one attached hydrogen (secondary N) is 1. The Balaban J connectivity index is 1.71. The summed E-state index contributed by atoms with van der Waals surface area (Å²) in [5.74, 6) is 0.290. The average Bonchev–Trinajstić information content (AvgIpc) is 3.17. The second kappa shape index (κ2) is 7.06. The summed E-state index contributed by atoms with van der Waals surface area (Å²) in [4.78, 5) is 23.6. The highest BCUT2D eigenvalue weighted by molar-refractivity contribution is 5.97. The van der Waals surface area contributed by atoms with E-state index in [0.717, 1.165) is 5.39 Å². The molecule has 0 bridgehead atoms. The van der Waals surface area contributed by atoms with Crippen molar-refractivity contribution in [2.24, 2.45) is 0 Å². The van der Waals surface area contributed by atoms with Crippen molar-refractivity contribution < 1.29 is 9.53 Å². The van der Waals surface area contributed by atoms with Crippen molar-refractivity contribution in [1.82, 2.24) is 30.2 Å². The molecule has 0 unspecified atom stereocenters. The van der Waals surface area contributed by atoms with E-state index in [-0.39, 0.29) is 12.0 Å². The second-order valence-corrected chi connectivity index (χ2v) is 5.89. The van der Waals surface area contributed by atoms with Crippen LogP contribution in [0.2, 0.25) is 0 Å². The molecule has 1 fully saturated rings. The van der Waals surface area contributed by atoms with E-state index >= 15 is 0 Å². The minimum atomic E-state index is -0.239. The molecular formula is C17H19N7O2. The third-order valence-electron chi connectivity index (χ3n) is 4.27. The number of H-pyrrole nitrogens is 1. The molecule has 3 heterocycles. The molecule has 1 N–H and O–H groups in total. The lowest BCUT2D eigenvalue weighted by Crippen LogP contribution is -2.53. The summed E-state index contributed by atoms with van der Waals surface area (Å²) >= 11 is 0. The third-order valence-corrected chi connectivity index (χ3v) is 4.27. The molecule has 1 saturated heterocycles. The van der Waals surface area contributed by atoms with Crippen molar-refractivity contribution in [1.29, 1.82) is 0 Å². The number of carbonyl (C=O) groups excluding carboxylic acids is 1. The van der Waals surface area contributed by atoms with Crippen LogP contribution in [0, 0.1) is 0 Å². The standard InChI is InChI=1S/C17H19N7O2/c1-22(23-7-9-26-10-8-23)17(25)24(14-5-3-2-4-6-14)16-18-11-13-12-19-21-15(13)20-16/h2-6,11-12H,7-10H2,1H3,(H,18,19,20,21). The molecule has 0 saturated carbocycles. The van der Waals surface area contributed by atoms with Crippen molar-refractivity contribution in [3.8, 4) is 0 Å². The monoisotopic (exact) mass is 353 g/mol. The first-order valence-electron chi connectivity index (χ1n) is 8.35. The Bertz CT molecular complexity index is 892. The number of hydrogen-bond acceptors (Lipinski definition) is 6. The fraction of sp³-hybridized carbons (Fsp3) is 0.294. The van der Waals surface area contributed by atoms with Crippen LogP contribution in [0.25, 0.3) is 11.0 Å². The fourth-order valence-corrected chi connectivity index (χ4v) is 2.84. The van der Waals surface area contributed by atoms with E-state index < -0.39 is 0 Å². The Labute approximate surface area is 150 Å². The molecule has 9 nitrogen and oxygen atoms in total. The number of nitrogens with zero attached hydrogens (tertiary/aromatic N) is 6. The number of ether oxygens (including phenoxy) is 1. The molecule has 134 valence electrons. The van der Waals surface area contributed by atoms with Crippen LogP contribution in [0.5, 0.6) is 0 Å². The number of para-hydroxylation sites is 1. The number of hydrogen-bond donors (Lipinski definition) is 1. The van der Waals surface area contributed by atoms with Gasteiger partial charge in [0.05, 0.1) is 30.5 Å². The van der Waals surface area contributed by atoms with Crippen LogP contribution in [0.1, 0.15) is 0 Å². The smallest absolute Gasteiger partial charge is 0.345 e. The summed E-state index contributed by atoms with van der Waals surface area (Å²) in [6.07, 6.45) is 3.30. The molecular weight excluding hydrogens is 334 g/mol. The van der Waals surface area contributed by atoms with E-state index in [1.807, 2.05) is 35.3 Å². The number of anilines is 2. The predicted octanol–water partition coefficient (Wildman–Crippen LogP) is 1.79. The zero-order chi connectivity index (χ0) is 17.9. The zero-order valence-electron chi connectivity index (χ0n) is 14.4. The van der Waals surface area contributed by atoms with E-state index in [1.165, 1.54) is 4.90 Å². The van der Waals surface area contributed by atoms with Crippen LogP contribution in [0.3, 0.4) is 0 Å². The SMILES string of the molecule is CN(C(=O)N(c1ccccc1)c1ncc2cn[nH]c2n1)N1CCOCC1. The second-order valence-electron chi connectivity index (χ2n) is 5.89. The van der Waals surface area contributed by atoms with Gasteiger partial charge >= 0.3 is 6.03 Å². The summed E-state index contributed by atoms with van der Waals surface area (Å²) in [5, 5.41) is 11.1. The van der Waals surface area contributed by atoms with Gasteiger partial charge in [-0.05, 0) is 12.1 Å². The normalized spacial score (nSPS) is 15.1. The lowest BCUT2D eigenvalue weighted by molar-refractivity contribution is -0.0488. The van der Waals surface area contributed by atoms with Crippen LogP contribution < -0.4 is 4.90 Å². The number of aromatic amines is 1. The summed E-state index contributed by atoms with van der Waals surface area (Å²) in [7, 11) is 1.75. The van der Waals surface area contributed by atoms with Gasteiger partial charge in [-0.15, -0.1) is 0 Å². The number of hydrazine groups is 1. The summed E-state index contributed by atoms with van der Waals surface area (Å²) in [6.45, 7) is 2.51. The van der Waals surface area contributed by atoms with Crippen molar-refractivity contribution in [2.45, 2.75) is 0 Å². The lowest BCUT2D eigenvalue weighted by atomic mass is 10.3. The Morgan fingerprint density at radius 2 is 1.96 bits per heavy atom. The molecule has 3 aromatic rings. The number of benzene rings is 1. The fourth-order valence-electron chi connectivity index (χ4n) is 2.84. The predicted molar refractivity (Wildman–Crippen MR) is 95.8 cm³/mol. The Hall–Kier alpha value is -3.04. The van der Waals surface area contributed by atoms with Crippen molar-refractivity contribution in [3.63, 3.8) is 0 Å². The van der Waals surface area contributed by atoms with Gasteiger partial charge in [0.25, 0.3) is 0 Å². The lowest BCUT2D eigenvalue weighted by Gasteiger charge is -2.36. The maximum Gasteiger partial charge on any atom is 0.345 e. The van der Waals surface area contributed by atoms with Gasteiger partial charge in [0, 0.05) is 26.3 Å². The summed E-state index contributed by atoms with van der Waals surface area (Å²) in [6, 6.07) is 9.11. The molecule has 0 spiro atoms. The minimum absolute atomic E-state index is 0.239. The van der Waals surface area contributed by atoms with Crippen LogP contribution in [-0.4, -0.2) is 69.6 Å². The van der Waals surface area contributed by atoms with Gasteiger partial charge in [-0.2, -0.15) is 10.1 Å². The van der Waals surface area contributed by atoms with Gasteiger partial charge in [0.15, 0.2) is 5.65 Å². The van der Waals surface area contributed by atoms with E-state index in [4.69, 9.17) is 4.74 Å². The van der Waals surface area contributed by atoms with E-state index in [1.54, 1.807) is 24.5 Å². The number of urea groups is 1. The molecule has 0 atom stereocenters. The van der Waals surface area contributed by atoms with Crippen LogP contribution in [0.4, 0.5) is 16.4 Å². The van der Waals surface area contributed by atoms with Crippen molar-refractivity contribution >= 4 is 28.7 Å². The van der Waals surface area contributed by atoms with Gasteiger partial charge < -0.3 is 4.74 Å². The molecule has 4 rings (SSSR count). The number of morpholine rings is 1. The van der Waals surface area contributed by atoms with Gasteiger partial charge in [0.1, 0.15) is 0 Å². The van der Waals surface area contributed by atoms with Crippen LogP contribution in [-0.2, 0) is 4.74 Å². The quantitative estimate of drug-likeness (QED) is 0.772. The number of fused-ring (bicyclic) bond motifs is 1. The average molecular weight is 353 g/mol. The number of aromatic nitrogens is 4. The van der Waals surface area contributed by atoms with E-state index in [9.17, 15) is 4.79 Å². The highest BCUT2D eigenvalue weighted by Crippen LogP contribution is 2.25. The number of amides is 2. The largest absolute Gasteiger partial charge is 0.379 e. The molecule has 1 aliphatic rings. The molecule has 2 amide bonds. The maximum atomic E-state index is 13.3. The van der Waals surface area contributed by atoms with Crippen LogP contribution >= 0.6 is 0 Å². The van der Waals surface area contributed by atoms with Gasteiger partial charge in [-0.3, -0.25) is 10.1 Å². The maximum absolute atomic E-state index is 13.3. The molecule has 2 aromatic heterocycles. The summed E-state index contributed by atoms with van der Waals surface area (Å²) < 4.78 is 5.37.